The highest BCUT2D eigenvalue weighted by atomic mass is 16.4. The molecule has 1 fully saturated rings. The zero-order valence-electron chi connectivity index (χ0n) is 17.1. The Hall–Kier alpha value is -3.42. The summed E-state index contributed by atoms with van der Waals surface area (Å²) < 4.78 is 0. The first-order valence-electron chi connectivity index (χ1n) is 9.73. The summed E-state index contributed by atoms with van der Waals surface area (Å²) in [4.78, 5) is 65.0. The van der Waals surface area contributed by atoms with Gasteiger partial charge in [-0.15, -0.1) is 0 Å². The second-order valence-electron chi connectivity index (χ2n) is 7.03. The second-order valence-corrected chi connectivity index (χ2v) is 7.03. The number of carbonyl (C=O) groups is 5. The molecule has 1 aliphatic heterocycles. The maximum Gasteiger partial charge on any atom is 0.326 e. The number of hydrogen-bond acceptors (Lipinski definition) is 7. The fourth-order valence-corrected chi connectivity index (χ4v) is 3.18. The molecule has 14 heteroatoms. The zero-order valence-corrected chi connectivity index (χ0v) is 17.1. The fraction of sp³-hybridized carbons (Fsp3) is 0.647. The van der Waals surface area contributed by atoms with Gasteiger partial charge in [-0.1, -0.05) is 0 Å². The Morgan fingerprint density at radius 3 is 2.32 bits per heavy atom. The highest BCUT2D eigenvalue weighted by Crippen LogP contribution is 2.19. The minimum absolute atomic E-state index is 0.0956. The molecule has 1 heterocycles. The molecule has 0 aromatic carbocycles. The van der Waals surface area contributed by atoms with Gasteiger partial charge in [-0.2, -0.15) is 0 Å². The van der Waals surface area contributed by atoms with Crippen molar-refractivity contribution in [1.29, 1.82) is 0 Å². The maximum atomic E-state index is 13.0. The van der Waals surface area contributed by atoms with Crippen LogP contribution in [-0.2, 0) is 24.0 Å². The number of aliphatic imine (C=N–C) groups is 1. The summed E-state index contributed by atoms with van der Waals surface area (Å²) in [5, 5.41) is 14.1. The van der Waals surface area contributed by atoms with Crippen LogP contribution in [-0.4, -0.2) is 83.3 Å². The molecule has 0 aromatic heterocycles. The Bertz CT molecular complexity index is 723. The van der Waals surface area contributed by atoms with E-state index >= 15 is 0 Å². The molecule has 1 saturated heterocycles. The van der Waals surface area contributed by atoms with E-state index in [1.807, 2.05) is 0 Å². The molecule has 11 N–H and O–H groups in total. The minimum atomic E-state index is -1.34. The molecule has 3 unspecified atom stereocenters. The van der Waals surface area contributed by atoms with Gasteiger partial charge in [0.2, 0.25) is 23.6 Å². The van der Waals surface area contributed by atoms with Crippen molar-refractivity contribution in [2.75, 3.05) is 19.6 Å². The van der Waals surface area contributed by atoms with Crippen LogP contribution in [0.2, 0.25) is 0 Å². The van der Waals surface area contributed by atoms with E-state index in [1.165, 1.54) is 4.90 Å². The van der Waals surface area contributed by atoms with Crippen molar-refractivity contribution in [2.45, 2.75) is 50.2 Å². The lowest BCUT2D eigenvalue weighted by atomic mass is 10.1. The van der Waals surface area contributed by atoms with E-state index in [0.717, 1.165) is 0 Å². The van der Waals surface area contributed by atoms with E-state index in [4.69, 9.17) is 22.9 Å². The van der Waals surface area contributed by atoms with Crippen molar-refractivity contribution in [2.24, 2.45) is 27.9 Å². The lowest BCUT2D eigenvalue weighted by Gasteiger charge is -2.28. The van der Waals surface area contributed by atoms with Crippen LogP contribution in [0.4, 0.5) is 0 Å². The number of nitrogens with two attached hydrogens (primary N) is 4. The number of carboxylic acids is 1. The lowest BCUT2D eigenvalue weighted by molar-refractivity contribution is -0.149. The smallest absolute Gasteiger partial charge is 0.326 e. The summed E-state index contributed by atoms with van der Waals surface area (Å²) in [6.45, 7) is -0.0128. The molecule has 0 bridgehead atoms. The van der Waals surface area contributed by atoms with E-state index in [1.54, 1.807) is 0 Å². The van der Waals surface area contributed by atoms with Crippen LogP contribution in [0.1, 0.15) is 32.1 Å². The Balaban J connectivity index is 2.99. The number of amides is 4. The summed E-state index contributed by atoms with van der Waals surface area (Å²) in [5.74, 6) is -4.24. The summed E-state index contributed by atoms with van der Waals surface area (Å²) >= 11 is 0. The summed E-state index contributed by atoms with van der Waals surface area (Å²) in [7, 11) is 0. The Kier molecular flexibility index (Phi) is 10.2. The van der Waals surface area contributed by atoms with Crippen molar-refractivity contribution < 1.29 is 29.1 Å². The number of primary amides is 1. The number of guanidine groups is 1. The van der Waals surface area contributed by atoms with Gasteiger partial charge >= 0.3 is 5.97 Å². The largest absolute Gasteiger partial charge is 0.480 e. The number of nitrogens with one attached hydrogen (secondary N) is 2. The molecule has 14 nitrogen and oxygen atoms in total. The topological polar surface area (TPSA) is 249 Å². The van der Waals surface area contributed by atoms with E-state index in [0.29, 0.717) is 19.3 Å². The first-order chi connectivity index (χ1) is 14.6. The first kappa shape index (κ1) is 25.6. The molecule has 31 heavy (non-hydrogen) atoms. The van der Waals surface area contributed by atoms with Crippen molar-refractivity contribution in [3.8, 4) is 0 Å². The highest BCUT2D eigenvalue weighted by Gasteiger charge is 2.38. The van der Waals surface area contributed by atoms with Crippen molar-refractivity contribution in [3.63, 3.8) is 0 Å². The van der Waals surface area contributed by atoms with Gasteiger partial charge in [0.15, 0.2) is 5.96 Å². The first-order valence-corrected chi connectivity index (χ1v) is 9.73. The minimum Gasteiger partial charge on any atom is -0.480 e. The van der Waals surface area contributed by atoms with Gasteiger partial charge in [0.1, 0.15) is 18.1 Å². The quantitative estimate of drug-likeness (QED) is 0.0880. The molecule has 174 valence electrons. The van der Waals surface area contributed by atoms with Crippen LogP contribution in [0.3, 0.4) is 0 Å². The van der Waals surface area contributed by atoms with Crippen molar-refractivity contribution in [1.82, 2.24) is 15.5 Å². The van der Waals surface area contributed by atoms with Crippen LogP contribution in [0.5, 0.6) is 0 Å². The lowest BCUT2D eigenvalue weighted by Crippen LogP contribution is -2.56. The van der Waals surface area contributed by atoms with Crippen LogP contribution in [0.25, 0.3) is 0 Å². The molecule has 1 aliphatic rings. The van der Waals surface area contributed by atoms with E-state index in [2.05, 4.69) is 15.6 Å². The number of nitrogens with zero attached hydrogens (tertiary/aromatic N) is 2. The Morgan fingerprint density at radius 2 is 1.77 bits per heavy atom. The number of rotatable bonds is 12. The SMILES string of the molecule is NCC(=O)NC(CC(N)=O)C(=O)NC(CCCN=C(N)N)C(=O)N1CCCC1C(=O)O. The summed E-state index contributed by atoms with van der Waals surface area (Å²) in [6, 6.07) is -3.45. The van der Waals surface area contributed by atoms with Crippen LogP contribution < -0.4 is 33.6 Å². The number of likely N-dealkylation sites (tertiary alicyclic amines) is 1. The molecule has 0 saturated carbocycles. The summed E-state index contributed by atoms with van der Waals surface area (Å²) in [6.07, 6.45) is 0.697. The molecular weight excluding hydrogens is 412 g/mol. The van der Waals surface area contributed by atoms with E-state index < -0.39 is 60.7 Å². The average Bonchev–Trinajstić information content (AvgIpc) is 3.18. The van der Waals surface area contributed by atoms with Crippen molar-refractivity contribution in [3.05, 3.63) is 0 Å². The molecule has 4 amide bonds. The van der Waals surface area contributed by atoms with Crippen LogP contribution >= 0.6 is 0 Å². The molecule has 3 atom stereocenters. The van der Waals surface area contributed by atoms with Crippen molar-refractivity contribution >= 4 is 35.6 Å². The molecule has 1 rings (SSSR count). The van der Waals surface area contributed by atoms with Gasteiger partial charge < -0.3 is 43.6 Å². The second kappa shape index (κ2) is 12.3. The fourth-order valence-electron chi connectivity index (χ4n) is 3.18. The van der Waals surface area contributed by atoms with Gasteiger partial charge in [-0.25, -0.2) is 4.79 Å². The molecule has 0 spiro atoms. The number of hydrogen-bond donors (Lipinski definition) is 7. The third-order valence-electron chi connectivity index (χ3n) is 4.62. The van der Waals surface area contributed by atoms with Gasteiger partial charge in [0.05, 0.1) is 13.0 Å². The highest BCUT2D eigenvalue weighted by molar-refractivity contribution is 5.95. The average molecular weight is 442 g/mol. The third-order valence-corrected chi connectivity index (χ3v) is 4.62. The van der Waals surface area contributed by atoms with Gasteiger partial charge in [0.25, 0.3) is 0 Å². The Labute approximate surface area is 178 Å². The molecule has 0 radical (unpaired) electrons. The normalized spacial score (nSPS) is 17.3. The third kappa shape index (κ3) is 8.46. The van der Waals surface area contributed by atoms with Crippen LogP contribution in [0, 0.1) is 0 Å². The van der Waals surface area contributed by atoms with E-state index in [9.17, 15) is 29.1 Å². The summed E-state index contributed by atoms with van der Waals surface area (Å²) in [5.41, 5.74) is 20.9. The van der Waals surface area contributed by atoms with Gasteiger partial charge in [0, 0.05) is 13.1 Å². The maximum absolute atomic E-state index is 13.0. The molecular formula is C17H30N8O6. The zero-order chi connectivity index (χ0) is 23.6. The predicted molar refractivity (Wildman–Crippen MR) is 109 cm³/mol. The van der Waals surface area contributed by atoms with E-state index in [-0.39, 0.29) is 25.5 Å². The standard InChI is InChI=1S/C17H30N8O6/c18-8-13(27)23-10(7-12(19)26)14(28)24-9(3-1-5-22-17(20)21)15(29)25-6-2-4-11(25)16(30)31/h9-11H,1-8,18H2,(H2,19,26)(H,23,27)(H,24,28)(H,30,31)(H4,20,21,22). The van der Waals surface area contributed by atoms with Gasteiger partial charge in [-0.05, 0) is 25.7 Å². The predicted octanol–water partition coefficient (Wildman–Crippen LogP) is -4.08. The Morgan fingerprint density at radius 1 is 1.10 bits per heavy atom. The molecule has 0 aliphatic carbocycles. The number of aliphatic carboxylic acids is 1. The molecule has 0 aromatic rings. The van der Waals surface area contributed by atoms with Gasteiger partial charge in [-0.3, -0.25) is 24.2 Å². The van der Waals surface area contributed by atoms with Crippen LogP contribution in [0.15, 0.2) is 4.99 Å². The number of carbonyl (C=O) groups excluding carboxylic acids is 4. The monoisotopic (exact) mass is 442 g/mol. The number of carboxylic acid groups (broad SMARTS) is 1.